The molecule has 112 valence electrons. The first-order chi connectivity index (χ1) is 9.55. The van der Waals surface area contributed by atoms with Crippen LogP contribution in [0.3, 0.4) is 0 Å². The molecule has 0 aliphatic carbocycles. The van der Waals surface area contributed by atoms with E-state index in [4.69, 9.17) is 20.1 Å². The predicted octanol–water partition coefficient (Wildman–Crippen LogP) is 2.17. The number of hydrogen-bond acceptors (Lipinski definition) is 5. The van der Waals surface area contributed by atoms with E-state index in [1.807, 2.05) is 18.2 Å². The third-order valence-corrected chi connectivity index (χ3v) is 3.76. The van der Waals surface area contributed by atoms with Crippen LogP contribution in [0, 0.1) is 0 Å². The second kappa shape index (κ2) is 6.43. The number of benzene rings is 1. The van der Waals surface area contributed by atoms with Gasteiger partial charge in [-0.25, -0.2) is 0 Å². The van der Waals surface area contributed by atoms with Gasteiger partial charge in [0.15, 0.2) is 11.5 Å². The standard InChI is InChI=1S/C15H24N2O3/c1-15(2,18-3)7-6-12(17-16)11-4-5-13-14(10-11)20-9-8-19-13/h4-5,10,12,17H,6-9,16H2,1-3H3. The van der Waals surface area contributed by atoms with Crippen molar-refractivity contribution in [3.63, 3.8) is 0 Å². The zero-order valence-electron chi connectivity index (χ0n) is 12.4. The summed E-state index contributed by atoms with van der Waals surface area (Å²) in [5.74, 6) is 7.28. The summed E-state index contributed by atoms with van der Waals surface area (Å²) in [6, 6.07) is 6.03. The van der Waals surface area contributed by atoms with E-state index in [1.165, 1.54) is 0 Å². The quantitative estimate of drug-likeness (QED) is 0.617. The maximum absolute atomic E-state index is 5.69. The second-order valence-corrected chi connectivity index (χ2v) is 5.62. The lowest BCUT2D eigenvalue weighted by molar-refractivity contribution is 0.0116. The van der Waals surface area contributed by atoms with Gasteiger partial charge in [-0.05, 0) is 44.4 Å². The summed E-state index contributed by atoms with van der Waals surface area (Å²) in [6.45, 7) is 5.34. The van der Waals surface area contributed by atoms with Crippen LogP contribution in [-0.4, -0.2) is 25.9 Å². The van der Waals surface area contributed by atoms with Crippen molar-refractivity contribution in [2.24, 2.45) is 5.84 Å². The summed E-state index contributed by atoms with van der Waals surface area (Å²) in [7, 11) is 1.73. The van der Waals surface area contributed by atoms with Gasteiger partial charge in [0.1, 0.15) is 13.2 Å². The van der Waals surface area contributed by atoms with Crippen LogP contribution >= 0.6 is 0 Å². The Bertz CT molecular complexity index is 449. The Morgan fingerprint density at radius 3 is 2.65 bits per heavy atom. The molecule has 0 bridgehead atoms. The van der Waals surface area contributed by atoms with Crippen molar-refractivity contribution in [1.82, 2.24) is 5.43 Å². The van der Waals surface area contributed by atoms with Crippen molar-refractivity contribution in [3.05, 3.63) is 23.8 Å². The van der Waals surface area contributed by atoms with Gasteiger partial charge in [-0.1, -0.05) is 6.07 Å². The molecule has 1 aliphatic heterocycles. The van der Waals surface area contributed by atoms with Crippen molar-refractivity contribution in [2.75, 3.05) is 20.3 Å². The summed E-state index contributed by atoms with van der Waals surface area (Å²) in [4.78, 5) is 0. The van der Waals surface area contributed by atoms with Gasteiger partial charge in [0, 0.05) is 13.2 Å². The number of hydrogen-bond donors (Lipinski definition) is 2. The lowest BCUT2D eigenvalue weighted by Crippen LogP contribution is -2.31. The number of nitrogens with one attached hydrogen (secondary N) is 1. The maximum Gasteiger partial charge on any atom is 0.161 e. The number of hydrazine groups is 1. The van der Waals surface area contributed by atoms with E-state index >= 15 is 0 Å². The van der Waals surface area contributed by atoms with Gasteiger partial charge in [-0.3, -0.25) is 11.3 Å². The van der Waals surface area contributed by atoms with E-state index in [9.17, 15) is 0 Å². The topological polar surface area (TPSA) is 65.7 Å². The lowest BCUT2D eigenvalue weighted by atomic mass is 9.95. The molecule has 1 aliphatic rings. The van der Waals surface area contributed by atoms with Crippen molar-refractivity contribution < 1.29 is 14.2 Å². The fourth-order valence-corrected chi connectivity index (χ4v) is 2.22. The van der Waals surface area contributed by atoms with Crippen LogP contribution in [0.4, 0.5) is 0 Å². The molecule has 0 aromatic heterocycles. The zero-order chi connectivity index (χ0) is 14.6. The van der Waals surface area contributed by atoms with Gasteiger partial charge in [0.05, 0.1) is 5.60 Å². The Labute approximate surface area is 120 Å². The molecule has 1 aromatic rings. The van der Waals surface area contributed by atoms with Crippen molar-refractivity contribution in [1.29, 1.82) is 0 Å². The summed E-state index contributed by atoms with van der Waals surface area (Å²) in [5.41, 5.74) is 3.82. The largest absolute Gasteiger partial charge is 0.486 e. The highest BCUT2D eigenvalue weighted by molar-refractivity contribution is 5.44. The first kappa shape index (κ1) is 15.1. The van der Waals surface area contributed by atoms with E-state index in [1.54, 1.807) is 7.11 Å². The Hall–Kier alpha value is -1.30. The first-order valence-corrected chi connectivity index (χ1v) is 6.96. The molecule has 20 heavy (non-hydrogen) atoms. The van der Waals surface area contributed by atoms with Crippen molar-refractivity contribution in [2.45, 2.75) is 38.3 Å². The smallest absolute Gasteiger partial charge is 0.161 e. The van der Waals surface area contributed by atoms with Crippen LogP contribution in [0.1, 0.15) is 38.3 Å². The average Bonchev–Trinajstić information content (AvgIpc) is 2.47. The number of methoxy groups -OCH3 is 1. The number of rotatable bonds is 6. The molecule has 1 aromatic carbocycles. The van der Waals surface area contributed by atoms with Crippen molar-refractivity contribution in [3.8, 4) is 11.5 Å². The molecule has 5 nitrogen and oxygen atoms in total. The minimum Gasteiger partial charge on any atom is -0.486 e. The third kappa shape index (κ3) is 3.62. The second-order valence-electron chi connectivity index (χ2n) is 5.62. The summed E-state index contributed by atoms with van der Waals surface area (Å²) < 4.78 is 16.6. The van der Waals surface area contributed by atoms with Gasteiger partial charge in [0.2, 0.25) is 0 Å². The van der Waals surface area contributed by atoms with Gasteiger partial charge in [-0.2, -0.15) is 0 Å². The number of ether oxygens (including phenoxy) is 3. The van der Waals surface area contributed by atoms with Crippen LogP contribution < -0.4 is 20.7 Å². The Kier molecular flexibility index (Phi) is 4.86. The summed E-state index contributed by atoms with van der Waals surface area (Å²) in [6.07, 6.45) is 1.80. The van der Waals surface area contributed by atoms with Crippen LogP contribution in [-0.2, 0) is 4.74 Å². The van der Waals surface area contributed by atoms with E-state index in [0.717, 1.165) is 29.9 Å². The van der Waals surface area contributed by atoms with E-state index < -0.39 is 0 Å². The molecule has 0 fully saturated rings. The molecule has 0 spiro atoms. The summed E-state index contributed by atoms with van der Waals surface area (Å²) >= 11 is 0. The molecule has 0 saturated carbocycles. The highest BCUT2D eigenvalue weighted by Gasteiger charge is 2.21. The van der Waals surface area contributed by atoms with Gasteiger partial charge in [-0.15, -0.1) is 0 Å². The minimum atomic E-state index is -0.150. The molecule has 0 amide bonds. The number of fused-ring (bicyclic) bond motifs is 1. The molecule has 3 N–H and O–H groups in total. The average molecular weight is 280 g/mol. The Balaban J connectivity index is 2.07. The maximum atomic E-state index is 5.69. The number of nitrogens with two attached hydrogens (primary N) is 1. The highest BCUT2D eigenvalue weighted by atomic mass is 16.6. The minimum absolute atomic E-state index is 0.0697. The fraction of sp³-hybridized carbons (Fsp3) is 0.600. The SMILES string of the molecule is COC(C)(C)CCC(NN)c1ccc2c(c1)OCCO2. The zero-order valence-corrected chi connectivity index (χ0v) is 12.4. The molecular formula is C15H24N2O3. The van der Waals surface area contributed by atoms with E-state index in [2.05, 4.69) is 19.3 Å². The highest BCUT2D eigenvalue weighted by Crippen LogP contribution is 2.34. The molecular weight excluding hydrogens is 256 g/mol. The summed E-state index contributed by atoms with van der Waals surface area (Å²) in [5, 5.41) is 0. The third-order valence-electron chi connectivity index (χ3n) is 3.76. The Morgan fingerprint density at radius 1 is 1.30 bits per heavy atom. The van der Waals surface area contributed by atoms with E-state index in [-0.39, 0.29) is 11.6 Å². The fourth-order valence-electron chi connectivity index (χ4n) is 2.22. The molecule has 2 rings (SSSR count). The van der Waals surface area contributed by atoms with Crippen molar-refractivity contribution >= 4 is 0 Å². The normalized spacial score (nSPS) is 16.0. The monoisotopic (exact) mass is 280 g/mol. The molecule has 1 atom stereocenters. The lowest BCUT2D eigenvalue weighted by Gasteiger charge is -2.26. The Morgan fingerprint density at radius 2 is 2.00 bits per heavy atom. The molecule has 0 saturated heterocycles. The van der Waals surface area contributed by atoms with Gasteiger partial charge >= 0.3 is 0 Å². The van der Waals surface area contributed by atoms with Crippen LogP contribution in [0.5, 0.6) is 11.5 Å². The first-order valence-electron chi connectivity index (χ1n) is 6.96. The predicted molar refractivity (Wildman–Crippen MR) is 77.8 cm³/mol. The molecule has 1 unspecified atom stereocenters. The molecule has 1 heterocycles. The van der Waals surface area contributed by atoms with Crippen LogP contribution in [0.15, 0.2) is 18.2 Å². The van der Waals surface area contributed by atoms with Gasteiger partial charge < -0.3 is 14.2 Å². The van der Waals surface area contributed by atoms with E-state index in [0.29, 0.717) is 13.2 Å². The van der Waals surface area contributed by atoms with Crippen LogP contribution in [0.25, 0.3) is 0 Å². The van der Waals surface area contributed by atoms with Crippen LogP contribution in [0.2, 0.25) is 0 Å². The molecule has 5 heteroatoms. The van der Waals surface area contributed by atoms with Gasteiger partial charge in [0.25, 0.3) is 0 Å². The molecule has 0 radical (unpaired) electrons.